The summed E-state index contributed by atoms with van der Waals surface area (Å²) in [6.45, 7) is 0. The third-order valence-corrected chi connectivity index (χ3v) is 11.1. The lowest BCUT2D eigenvalue weighted by Gasteiger charge is -2.21. The minimum absolute atomic E-state index is 0.158. The van der Waals surface area contributed by atoms with E-state index in [4.69, 9.17) is 58.6 Å². The third kappa shape index (κ3) is 6.66. The Morgan fingerprint density at radius 1 is 0.317 bits per heavy atom. The Kier molecular flexibility index (Phi) is 9.45. The van der Waals surface area contributed by atoms with Gasteiger partial charge < -0.3 is 4.42 Å². The molecule has 0 amide bonds. The molecule has 0 unspecified atom stereocenters. The molecule has 60 heavy (non-hydrogen) atoms. The normalized spacial score (nSPS) is 11.3. The number of hydrogen-bond donors (Lipinski definition) is 0. The first-order valence-corrected chi connectivity index (χ1v) is 19.5. The molecule has 8 aromatic carbocycles. The van der Waals surface area contributed by atoms with Crippen LogP contribution in [0, 0.1) is 0 Å². The molecule has 10 radical (unpaired) electrons. The van der Waals surface area contributed by atoms with Crippen molar-refractivity contribution < 1.29 is 4.42 Å². The van der Waals surface area contributed by atoms with Crippen LogP contribution < -0.4 is 27.3 Å². The Balaban J connectivity index is 1.03. The highest BCUT2D eigenvalue weighted by molar-refractivity contribution is 6.68. The van der Waals surface area contributed by atoms with E-state index >= 15 is 0 Å². The van der Waals surface area contributed by atoms with Gasteiger partial charge in [-0.15, -0.1) is 16.4 Å². The second-order valence-electron chi connectivity index (χ2n) is 14.7. The molecular formula is C51H28B5N3O. The fraction of sp³-hybridized carbons (Fsp3) is 0. The number of rotatable bonds is 7. The molecular weight excluding hydrogens is 725 g/mol. The zero-order chi connectivity index (χ0) is 40.9. The molecule has 0 aliphatic heterocycles. The van der Waals surface area contributed by atoms with Crippen molar-refractivity contribution in [1.82, 2.24) is 15.0 Å². The Morgan fingerprint density at radius 2 is 0.767 bits per heavy atom. The second-order valence-corrected chi connectivity index (χ2v) is 14.7. The summed E-state index contributed by atoms with van der Waals surface area (Å²) >= 11 is 0. The van der Waals surface area contributed by atoms with Gasteiger partial charge in [0.15, 0.2) is 17.5 Å². The predicted octanol–water partition coefficient (Wildman–Crippen LogP) is 7.41. The van der Waals surface area contributed by atoms with Gasteiger partial charge in [-0.25, -0.2) is 15.0 Å². The Labute approximate surface area is 354 Å². The van der Waals surface area contributed by atoms with E-state index in [0.717, 1.165) is 49.7 Å². The lowest BCUT2D eigenvalue weighted by atomic mass is 9.59. The van der Waals surface area contributed by atoms with Gasteiger partial charge in [0.05, 0.1) is 5.56 Å². The van der Waals surface area contributed by atoms with Crippen LogP contribution in [-0.2, 0) is 0 Å². The van der Waals surface area contributed by atoms with Crippen molar-refractivity contribution in [3.8, 4) is 78.7 Å². The van der Waals surface area contributed by atoms with Gasteiger partial charge in [-0.2, -0.15) is 0 Å². The van der Waals surface area contributed by atoms with Gasteiger partial charge in [0, 0.05) is 21.9 Å². The number of benzene rings is 8. The number of para-hydroxylation sites is 1. The van der Waals surface area contributed by atoms with Gasteiger partial charge in [0.2, 0.25) is 0 Å². The molecule has 0 fully saturated rings. The molecule has 0 saturated heterocycles. The summed E-state index contributed by atoms with van der Waals surface area (Å²) in [4.78, 5) is 15.0. The van der Waals surface area contributed by atoms with E-state index in [9.17, 15) is 0 Å². The summed E-state index contributed by atoms with van der Waals surface area (Å²) < 4.78 is 6.71. The molecule has 0 bridgehead atoms. The van der Waals surface area contributed by atoms with Crippen LogP contribution in [-0.4, -0.2) is 54.2 Å². The third-order valence-electron chi connectivity index (χ3n) is 11.1. The van der Waals surface area contributed by atoms with Gasteiger partial charge in [-0.3, -0.25) is 0 Å². The highest BCUT2D eigenvalue weighted by Gasteiger charge is 2.19. The highest BCUT2D eigenvalue weighted by Crippen LogP contribution is 2.38. The van der Waals surface area contributed by atoms with Crippen molar-refractivity contribution in [2.75, 3.05) is 0 Å². The first-order chi connectivity index (χ1) is 29.3. The lowest BCUT2D eigenvalue weighted by molar-refractivity contribution is 0.669. The van der Waals surface area contributed by atoms with Gasteiger partial charge in [0.1, 0.15) is 50.4 Å². The highest BCUT2D eigenvalue weighted by atomic mass is 16.3. The largest absolute Gasteiger partial charge is 0.455 e. The first-order valence-electron chi connectivity index (χ1n) is 19.5. The quantitative estimate of drug-likeness (QED) is 0.159. The van der Waals surface area contributed by atoms with Crippen molar-refractivity contribution in [2.24, 2.45) is 0 Å². The van der Waals surface area contributed by atoms with Crippen LogP contribution >= 0.6 is 0 Å². The van der Waals surface area contributed by atoms with Crippen LogP contribution in [0.2, 0.25) is 0 Å². The van der Waals surface area contributed by atoms with Gasteiger partial charge in [-0.1, -0.05) is 157 Å². The van der Waals surface area contributed by atoms with Crippen LogP contribution in [0.1, 0.15) is 0 Å². The average Bonchev–Trinajstić information content (AvgIpc) is 3.69. The molecule has 4 nitrogen and oxygen atoms in total. The molecule has 0 aliphatic carbocycles. The minimum atomic E-state index is 0.158. The summed E-state index contributed by atoms with van der Waals surface area (Å²) in [7, 11) is 31.5. The maximum atomic E-state index is 6.71. The summed E-state index contributed by atoms with van der Waals surface area (Å²) in [5.41, 5.74) is 12.8. The summed E-state index contributed by atoms with van der Waals surface area (Å²) in [5, 5.41) is 1.95. The molecule has 2 aromatic heterocycles. The molecule has 10 rings (SSSR count). The summed E-state index contributed by atoms with van der Waals surface area (Å²) in [5.74, 6) is 1.41. The van der Waals surface area contributed by atoms with E-state index in [1.54, 1.807) is 0 Å². The first kappa shape index (κ1) is 37.2. The molecule has 2 heterocycles. The monoisotopic (exact) mass is 753 g/mol. The maximum Gasteiger partial charge on any atom is 0.167 e. The fourth-order valence-corrected chi connectivity index (χ4v) is 7.81. The van der Waals surface area contributed by atoms with E-state index in [2.05, 4.69) is 97.1 Å². The minimum Gasteiger partial charge on any atom is -0.455 e. The van der Waals surface area contributed by atoms with Crippen LogP contribution in [0.5, 0.6) is 0 Å². The molecule has 0 atom stereocenters. The van der Waals surface area contributed by atoms with Gasteiger partial charge in [0.25, 0.3) is 0 Å². The van der Waals surface area contributed by atoms with Crippen LogP contribution in [0.25, 0.3) is 101 Å². The molecule has 0 N–H and O–H groups in total. The fourth-order valence-electron chi connectivity index (χ4n) is 7.81. The van der Waals surface area contributed by atoms with Gasteiger partial charge >= 0.3 is 0 Å². The van der Waals surface area contributed by atoms with E-state index < -0.39 is 0 Å². The Hall–Kier alpha value is -7.11. The number of furan rings is 1. The average molecular weight is 753 g/mol. The van der Waals surface area contributed by atoms with Crippen LogP contribution in [0.4, 0.5) is 0 Å². The lowest BCUT2D eigenvalue weighted by Crippen LogP contribution is -2.55. The van der Waals surface area contributed by atoms with E-state index in [-0.39, 0.29) is 27.3 Å². The second kappa shape index (κ2) is 15.2. The van der Waals surface area contributed by atoms with Crippen molar-refractivity contribution in [1.29, 1.82) is 0 Å². The summed E-state index contributed by atoms with van der Waals surface area (Å²) in [6, 6.07) is 57.5. The molecule has 10 aromatic rings. The molecule has 268 valence electrons. The SMILES string of the molecule is [B]c1c([B])c([B])c(-c2cccc(-c3nc(-c4ccccc4)nc(-c4cccc5c4oc4cc(-c6ccc(-c7ccc(-c8ccccc8)cc7)cc6)ccc45)n3)c2)c([B])c1[B]. The number of fused-ring (bicyclic) bond motifs is 3. The van der Waals surface area contributed by atoms with E-state index in [1.807, 2.05) is 72.8 Å². The van der Waals surface area contributed by atoms with E-state index in [0.29, 0.717) is 39.7 Å². The van der Waals surface area contributed by atoms with Crippen LogP contribution in [0.3, 0.4) is 0 Å². The zero-order valence-electron chi connectivity index (χ0n) is 32.3. The topological polar surface area (TPSA) is 51.8 Å². The van der Waals surface area contributed by atoms with Gasteiger partial charge in [-0.05, 0) is 68.8 Å². The standard InChI is InChI=1S/C51H28B5N3O/c52-43-42(44(53)46(55)47(56)45(43)54)36-13-7-14-37(27-36)50-57-49(34-11-5-2-6-12-34)58-51(59-50)40-16-8-15-39-38-26-25-35(28-41(38)60-48(39)40)33-23-21-32(22-24-33)31-19-17-30(18-20-31)29-9-3-1-4-10-29/h1-28H. The Morgan fingerprint density at radius 3 is 1.38 bits per heavy atom. The zero-order valence-corrected chi connectivity index (χ0v) is 32.3. The van der Waals surface area contributed by atoms with Crippen molar-refractivity contribution in [2.45, 2.75) is 0 Å². The molecule has 9 heteroatoms. The molecule has 0 aliphatic rings. The molecule has 0 spiro atoms. The maximum absolute atomic E-state index is 6.71. The number of nitrogens with zero attached hydrogens (tertiary/aromatic N) is 3. The summed E-state index contributed by atoms with van der Waals surface area (Å²) in [6.07, 6.45) is 0. The molecule has 0 saturated carbocycles. The van der Waals surface area contributed by atoms with E-state index in [1.165, 1.54) is 11.1 Å². The van der Waals surface area contributed by atoms with Crippen LogP contribution in [0.15, 0.2) is 174 Å². The smallest absolute Gasteiger partial charge is 0.167 e. The van der Waals surface area contributed by atoms with Crippen molar-refractivity contribution in [3.05, 3.63) is 170 Å². The van der Waals surface area contributed by atoms with Crippen molar-refractivity contribution >= 4 is 88.5 Å². The van der Waals surface area contributed by atoms with Crippen molar-refractivity contribution in [3.63, 3.8) is 0 Å². The number of hydrogen-bond acceptors (Lipinski definition) is 4. The number of aromatic nitrogens is 3. The Bertz CT molecular complexity index is 3210. The predicted molar refractivity (Wildman–Crippen MR) is 252 cm³/mol.